The maximum Gasteiger partial charge on any atom is 0.252 e. The first-order valence-electron chi connectivity index (χ1n) is 7.77. The van der Waals surface area contributed by atoms with Crippen molar-refractivity contribution in [2.24, 2.45) is 0 Å². The Labute approximate surface area is 146 Å². The Morgan fingerprint density at radius 3 is 2.96 bits per heavy atom. The zero-order chi connectivity index (χ0) is 17.4. The van der Waals surface area contributed by atoms with E-state index in [1.807, 2.05) is 26.0 Å². The van der Waals surface area contributed by atoms with Crippen LogP contribution in [0.2, 0.25) is 5.02 Å². The SMILES string of the molecule is CC(C)Oc1ncc(C(=O)NCCCOCc2ccco2)cc1Cl. The number of halogens is 1. The molecule has 0 aliphatic carbocycles. The fourth-order valence-corrected chi connectivity index (χ4v) is 2.12. The van der Waals surface area contributed by atoms with Crippen molar-refractivity contribution in [3.8, 4) is 5.88 Å². The van der Waals surface area contributed by atoms with E-state index in [1.54, 1.807) is 12.3 Å². The van der Waals surface area contributed by atoms with Gasteiger partial charge in [-0.05, 0) is 38.5 Å². The molecule has 0 spiro atoms. The highest BCUT2D eigenvalue weighted by molar-refractivity contribution is 6.32. The third-order valence-corrected chi connectivity index (χ3v) is 3.26. The Morgan fingerprint density at radius 1 is 1.46 bits per heavy atom. The molecule has 0 saturated heterocycles. The van der Waals surface area contributed by atoms with Gasteiger partial charge in [-0.2, -0.15) is 0 Å². The molecule has 2 aromatic rings. The summed E-state index contributed by atoms with van der Waals surface area (Å²) in [5, 5.41) is 3.12. The number of nitrogens with one attached hydrogen (secondary N) is 1. The van der Waals surface area contributed by atoms with Crippen LogP contribution in [0.5, 0.6) is 5.88 Å². The van der Waals surface area contributed by atoms with Crippen molar-refractivity contribution in [1.29, 1.82) is 0 Å². The minimum Gasteiger partial charge on any atom is -0.474 e. The largest absolute Gasteiger partial charge is 0.474 e. The van der Waals surface area contributed by atoms with E-state index in [9.17, 15) is 4.79 Å². The average molecular weight is 353 g/mol. The van der Waals surface area contributed by atoms with Gasteiger partial charge in [0.15, 0.2) is 0 Å². The third kappa shape index (κ3) is 5.86. The molecule has 2 rings (SSSR count). The number of pyridine rings is 1. The van der Waals surface area contributed by atoms with Crippen LogP contribution in [0.25, 0.3) is 0 Å². The Hall–Kier alpha value is -2.05. The van der Waals surface area contributed by atoms with Gasteiger partial charge in [0.25, 0.3) is 5.91 Å². The lowest BCUT2D eigenvalue weighted by Crippen LogP contribution is -2.25. The summed E-state index contributed by atoms with van der Waals surface area (Å²) in [6.07, 6.45) is 3.72. The lowest BCUT2D eigenvalue weighted by atomic mass is 10.2. The first kappa shape index (κ1) is 18.3. The highest BCUT2D eigenvalue weighted by Crippen LogP contribution is 2.23. The van der Waals surface area contributed by atoms with Crippen molar-refractivity contribution in [3.63, 3.8) is 0 Å². The highest BCUT2D eigenvalue weighted by Gasteiger charge is 2.11. The van der Waals surface area contributed by atoms with Gasteiger partial charge in [0.1, 0.15) is 17.4 Å². The van der Waals surface area contributed by atoms with E-state index in [2.05, 4.69) is 10.3 Å². The molecule has 6 nitrogen and oxygen atoms in total. The number of hydrogen-bond acceptors (Lipinski definition) is 5. The van der Waals surface area contributed by atoms with Crippen molar-refractivity contribution in [1.82, 2.24) is 10.3 Å². The predicted molar refractivity (Wildman–Crippen MR) is 90.3 cm³/mol. The standard InChI is InChI=1S/C17H21ClN2O4/c1-12(2)24-17-15(18)9-13(10-20-17)16(21)19-6-4-7-22-11-14-5-3-8-23-14/h3,5,8-10,12H,4,6-7,11H2,1-2H3,(H,19,21). The molecule has 0 unspecified atom stereocenters. The molecular formula is C17H21ClN2O4. The van der Waals surface area contributed by atoms with Crippen molar-refractivity contribution in [3.05, 3.63) is 47.0 Å². The van der Waals surface area contributed by atoms with E-state index in [-0.39, 0.29) is 12.0 Å². The fraction of sp³-hybridized carbons (Fsp3) is 0.412. The molecule has 0 aliphatic heterocycles. The minimum absolute atomic E-state index is 0.0316. The third-order valence-electron chi connectivity index (χ3n) is 2.99. The van der Waals surface area contributed by atoms with Gasteiger partial charge in [-0.3, -0.25) is 4.79 Å². The molecule has 0 radical (unpaired) electrons. The van der Waals surface area contributed by atoms with Crippen LogP contribution in [0.4, 0.5) is 0 Å². The number of carbonyl (C=O) groups is 1. The monoisotopic (exact) mass is 352 g/mol. The topological polar surface area (TPSA) is 73.6 Å². The van der Waals surface area contributed by atoms with Gasteiger partial charge in [0, 0.05) is 19.3 Å². The first-order chi connectivity index (χ1) is 11.6. The van der Waals surface area contributed by atoms with Crippen molar-refractivity contribution in [2.75, 3.05) is 13.2 Å². The van der Waals surface area contributed by atoms with Crippen LogP contribution < -0.4 is 10.1 Å². The molecule has 0 aliphatic rings. The van der Waals surface area contributed by atoms with Crippen LogP contribution in [0, 0.1) is 0 Å². The second-order valence-electron chi connectivity index (χ2n) is 5.42. The average Bonchev–Trinajstić information content (AvgIpc) is 3.05. The Kier molecular flexibility index (Phi) is 7.08. The van der Waals surface area contributed by atoms with E-state index in [0.29, 0.717) is 42.6 Å². The van der Waals surface area contributed by atoms with Crippen LogP contribution in [0.3, 0.4) is 0 Å². The second-order valence-corrected chi connectivity index (χ2v) is 5.83. The molecule has 0 bridgehead atoms. The molecular weight excluding hydrogens is 332 g/mol. The van der Waals surface area contributed by atoms with E-state index in [0.717, 1.165) is 5.76 Å². The Bertz CT molecular complexity index is 644. The molecule has 7 heteroatoms. The van der Waals surface area contributed by atoms with Gasteiger partial charge in [0.2, 0.25) is 5.88 Å². The zero-order valence-electron chi connectivity index (χ0n) is 13.8. The number of hydrogen-bond donors (Lipinski definition) is 1. The van der Waals surface area contributed by atoms with Gasteiger partial charge in [0.05, 0.1) is 17.9 Å². The van der Waals surface area contributed by atoms with Gasteiger partial charge in [-0.15, -0.1) is 0 Å². The molecule has 1 amide bonds. The summed E-state index contributed by atoms with van der Waals surface area (Å²) in [5.74, 6) is 0.879. The number of amides is 1. The molecule has 2 heterocycles. The maximum atomic E-state index is 12.0. The van der Waals surface area contributed by atoms with Crippen LogP contribution in [0.1, 0.15) is 36.4 Å². The van der Waals surface area contributed by atoms with Crippen molar-refractivity contribution in [2.45, 2.75) is 33.0 Å². The number of aromatic nitrogens is 1. The molecule has 0 saturated carbocycles. The molecule has 24 heavy (non-hydrogen) atoms. The van der Waals surface area contributed by atoms with Crippen LogP contribution in [-0.4, -0.2) is 30.1 Å². The molecule has 2 aromatic heterocycles. The van der Waals surface area contributed by atoms with Crippen molar-refractivity contribution >= 4 is 17.5 Å². The molecule has 0 fully saturated rings. The van der Waals surface area contributed by atoms with E-state index < -0.39 is 0 Å². The van der Waals surface area contributed by atoms with Gasteiger partial charge in [-0.25, -0.2) is 4.98 Å². The fourth-order valence-electron chi connectivity index (χ4n) is 1.91. The lowest BCUT2D eigenvalue weighted by Gasteiger charge is -2.11. The van der Waals surface area contributed by atoms with E-state index in [4.69, 9.17) is 25.5 Å². The van der Waals surface area contributed by atoms with Crippen molar-refractivity contribution < 1.29 is 18.7 Å². The molecule has 0 atom stereocenters. The highest BCUT2D eigenvalue weighted by atomic mass is 35.5. The lowest BCUT2D eigenvalue weighted by molar-refractivity contribution is 0.0916. The molecule has 1 N–H and O–H groups in total. The Balaban J connectivity index is 1.69. The van der Waals surface area contributed by atoms with Gasteiger partial charge in [-0.1, -0.05) is 11.6 Å². The van der Waals surface area contributed by atoms with E-state index >= 15 is 0 Å². The summed E-state index contributed by atoms with van der Waals surface area (Å²) in [6, 6.07) is 5.22. The molecule has 130 valence electrons. The predicted octanol–water partition coefficient (Wildman–Crippen LogP) is 3.45. The maximum absolute atomic E-state index is 12.0. The summed E-state index contributed by atoms with van der Waals surface area (Å²) >= 11 is 6.07. The number of rotatable bonds is 9. The number of furan rings is 1. The number of ether oxygens (including phenoxy) is 2. The van der Waals surface area contributed by atoms with Gasteiger partial charge < -0.3 is 19.2 Å². The van der Waals surface area contributed by atoms with Crippen LogP contribution in [0.15, 0.2) is 35.1 Å². The second kappa shape index (κ2) is 9.30. The Morgan fingerprint density at radius 2 is 2.29 bits per heavy atom. The summed E-state index contributed by atoms with van der Waals surface area (Å²) < 4.78 is 16.0. The number of carbonyl (C=O) groups excluding carboxylic acids is 1. The van der Waals surface area contributed by atoms with Gasteiger partial charge >= 0.3 is 0 Å². The summed E-state index contributed by atoms with van der Waals surface area (Å²) in [7, 11) is 0. The normalized spacial score (nSPS) is 10.8. The first-order valence-corrected chi connectivity index (χ1v) is 8.14. The quantitative estimate of drug-likeness (QED) is 0.700. The summed E-state index contributed by atoms with van der Waals surface area (Å²) in [4.78, 5) is 16.1. The number of nitrogens with zero attached hydrogens (tertiary/aromatic N) is 1. The van der Waals surface area contributed by atoms with Crippen LogP contribution >= 0.6 is 11.6 Å². The van der Waals surface area contributed by atoms with E-state index in [1.165, 1.54) is 6.20 Å². The minimum atomic E-state index is -0.230. The zero-order valence-corrected chi connectivity index (χ0v) is 14.5. The summed E-state index contributed by atoms with van der Waals surface area (Å²) in [6.45, 7) is 5.22. The van der Waals surface area contributed by atoms with Crippen LogP contribution in [-0.2, 0) is 11.3 Å². The summed E-state index contributed by atoms with van der Waals surface area (Å²) in [5.41, 5.74) is 0.396. The smallest absolute Gasteiger partial charge is 0.252 e. The molecule has 0 aromatic carbocycles.